The Morgan fingerprint density at radius 3 is 0.842 bits per heavy atom. The number of methoxy groups -OCH3 is 8. The summed E-state index contributed by atoms with van der Waals surface area (Å²) in [4.78, 5) is 51.3. The molecule has 0 bridgehead atoms. The van der Waals surface area contributed by atoms with Gasteiger partial charge in [-0.3, -0.25) is 38.8 Å². The van der Waals surface area contributed by atoms with Gasteiger partial charge in [0, 0.05) is 207 Å². The molecule has 8 N–H and O–H groups in total. The fourth-order valence-electron chi connectivity index (χ4n) is 10.7. The molecule has 4 saturated heterocycles. The van der Waals surface area contributed by atoms with Crippen LogP contribution in [0.4, 0.5) is 0 Å². The van der Waals surface area contributed by atoms with Crippen LogP contribution in [0.15, 0.2) is 48.3 Å². The Labute approximate surface area is 829 Å². The summed E-state index contributed by atoms with van der Waals surface area (Å²) in [5.41, 5.74) is 13.0. The zero-order valence-corrected chi connectivity index (χ0v) is 68.5. The second-order valence-corrected chi connectivity index (χ2v) is 27.6. The van der Waals surface area contributed by atoms with E-state index in [0.717, 1.165) is 42.7 Å². The highest BCUT2D eigenvalue weighted by Crippen LogP contribution is 2.50. The first kappa shape index (κ1) is 35.3. The molecule has 0 saturated carbocycles. The number of benzene rings is 4. The Morgan fingerprint density at radius 1 is 0.375 bits per heavy atom. The van der Waals surface area contributed by atoms with Crippen LogP contribution in [0.3, 0.4) is 0 Å². The minimum atomic E-state index is -4.61. The number of nitrogens with two attached hydrogens (primary N) is 4. The predicted octanol–water partition coefficient (Wildman–Crippen LogP) is 14.3. The molecular weight excluding hydrogens is 1520 g/mol. The normalized spacial score (nSPS) is 49.9. The number of hydrogen-bond donors (Lipinski definition) is 4. The molecular formula is C96H152N8O16. The summed E-state index contributed by atoms with van der Waals surface area (Å²) in [7, 11) is -1.27. The zero-order valence-electron chi connectivity index (χ0n) is 147. The highest BCUT2D eigenvalue weighted by atomic mass is 16.6. The van der Waals surface area contributed by atoms with Crippen molar-refractivity contribution in [1.82, 2.24) is 19.6 Å². The van der Waals surface area contributed by atoms with Crippen molar-refractivity contribution in [2.75, 3.05) is 109 Å². The summed E-state index contributed by atoms with van der Waals surface area (Å²) in [5.74, 6) is -48.8. The average molecular weight is 1750 g/mol. The second kappa shape index (κ2) is 43.9. The van der Waals surface area contributed by atoms with E-state index >= 15 is 0 Å². The van der Waals surface area contributed by atoms with Crippen LogP contribution in [0.5, 0.6) is 46.0 Å². The van der Waals surface area contributed by atoms with Crippen LogP contribution in [-0.4, -0.2) is 201 Å². The third-order valence-electron chi connectivity index (χ3n) is 17.3. The summed E-state index contributed by atoms with van der Waals surface area (Å²) in [6.45, 7) is -36.2. The number of esters is 4. The summed E-state index contributed by atoms with van der Waals surface area (Å²) < 4.78 is 753. The minimum absolute atomic E-state index is 0.372. The van der Waals surface area contributed by atoms with Crippen LogP contribution in [0.2, 0.25) is 0 Å². The fraction of sp³-hybridized carbons (Fsp3) is 0.708. The first-order valence-corrected chi connectivity index (χ1v) is 36.4. The lowest BCUT2D eigenvalue weighted by molar-refractivity contribution is -0.161. The molecule has 24 heteroatoms. The highest BCUT2D eigenvalue weighted by Gasteiger charge is 2.47. The summed E-state index contributed by atoms with van der Waals surface area (Å²) in [5, 5.41) is 0. The van der Waals surface area contributed by atoms with Crippen molar-refractivity contribution in [3.05, 3.63) is 92.8 Å². The highest BCUT2D eigenvalue weighted by molar-refractivity contribution is 5.77. The van der Waals surface area contributed by atoms with Crippen molar-refractivity contribution in [2.45, 2.75) is 260 Å². The van der Waals surface area contributed by atoms with E-state index in [-0.39, 0.29) is 0 Å². The molecule has 4 aromatic rings. The van der Waals surface area contributed by atoms with Gasteiger partial charge in [0.15, 0.2) is 46.0 Å². The Hall–Kier alpha value is -7.16. The molecule has 16 unspecified atom stereocenters. The van der Waals surface area contributed by atoms with Crippen molar-refractivity contribution in [3.63, 3.8) is 0 Å². The Kier molecular flexibility index (Phi) is 12.9. The van der Waals surface area contributed by atoms with Crippen molar-refractivity contribution in [1.29, 1.82) is 0 Å². The molecule has 8 aliphatic heterocycles. The van der Waals surface area contributed by atoms with Crippen LogP contribution in [0.1, 0.15) is 338 Å². The SMILES string of the molecule is [2H]c1c(OC([2H])([2H])[2H])c(OC)c([2H])c2c1C([2H])([2H])C([2H])([2H])N1C([2H])([2H])C([2H])(C([2H])([2H])C([2H])(C)C([2H])([2H])[2H])C(OC(=O)[C@@H](N)C(C)C)C([2H])([2H])C21[2H].[2H]c1c(OC([2H])([2H])[2H])c(OC)c([2H])c2c1C([2H])([2H])C([2H])([2H])N1C([2H])([2H])C([2H])(C([2H])([2H])C([2H])(C)C([2H])([2H])[2H])C(OC(=O)[C@@H](N)C(C)C)C([2H])([2H])C21[2H].[2H]c1c(OC)c(OC)c([2H])c2c1C([2H])([2H])C([2H])([2H])N1C([2H])([2H])C([2H])(C([2H])([2H])C([2H])(C)C([2H])([2H])[2H])C(OC(=O)[C@@H](N)C(C)C)C([2H])([2H])C21[2H].[2H]c1c(OC)c(OC)c([2H])c2c1C([2H])([2H])C([2H])([2H])N1C([2H])([2H])C([2H])(C([2H])([2H])C([2H])(C)C([2H])([2H])[2H])C([2H])(OC(=O)[C@@H](N)C(C)C)C([2H])([2H])C21[2H]. The van der Waals surface area contributed by atoms with E-state index in [0.29, 0.717) is 27.7 Å². The monoisotopic (exact) mass is 1750 g/mol. The molecule has 8 heterocycles. The van der Waals surface area contributed by atoms with E-state index in [9.17, 15) is 53.4 Å². The molecule has 672 valence electrons. The number of fused-ring (bicyclic) bond motifs is 12. The fourth-order valence-corrected chi connectivity index (χ4v) is 10.7. The molecule has 0 amide bonds. The minimum Gasteiger partial charge on any atom is -0.493 e. The van der Waals surface area contributed by atoms with Gasteiger partial charge >= 0.3 is 23.9 Å². The van der Waals surface area contributed by atoms with Gasteiger partial charge in [0.25, 0.3) is 0 Å². The third-order valence-corrected chi connectivity index (χ3v) is 17.3. The predicted molar refractivity (Wildman–Crippen MR) is 471 cm³/mol. The lowest BCUT2D eigenvalue weighted by Gasteiger charge is -2.47. The van der Waals surface area contributed by atoms with Crippen LogP contribution in [0.25, 0.3) is 0 Å². The number of piperidine rings is 4. The standard InChI is InChI=1S/4C24H38N2O4/c4*1-14(2)9-17-13-26-8-7-16-10-21(28-5)22(29-6)11-18(16)19(26)12-20(17)30-24(27)23(25)15(3)4/h4*10-11,14-15,17,19-20,23H,7-9,12-13,25H2,1-6H3/t4*17?,19?,20?,23-/m0000/s1/i1D3,7D2,8D2,9D2,10D,11D,12D2,13D2,14D,17D,19D,20D;2*1D3,5D3,7D2,8D2,9D2,10D,11D,12D2,13D2,14D,17D,19D;1D3,7D2,8D2,9D2,10D,11D,12D2,13D2,14D,17D,19D/t4*14?,17?,19?,20?,23-. The van der Waals surface area contributed by atoms with Crippen LogP contribution < -0.4 is 60.8 Å². The number of carbonyl (C=O) groups excluding carboxylic acids is 4. The summed E-state index contributed by atoms with van der Waals surface area (Å²) in [6.07, 6.45) is -63.2. The van der Waals surface area contributed by atoms with Gasteiger partial charge in [0.05, 0.1) is 82.8 Å². The first-order valence-electron chi connectivity index (χ1n) is 75.9. The molecule has 24 nitrogen and oxygen atoms in total. The molecule has 12 rings (SSSR count). The van der Waals surface area contributed by atoms with Crippen LogP contribution in [0, 0.1) is 70.8 Å². The largest absolute Gasteiger partial charge is 0.493 e. The van der Waals surface area contributed by atoms with Crippen molar-refractivity contribution in [3.8, 4) is 46.0 Å². The molecule has 120 heavy (non-hydrogen) atoms. The molecule has 8 aliphatic rings. The van der Waals surface area contributed by atoms with Crippen molar-refractivity contribution >= 4 is 23.9 Å². The van der Waals surface area contributed by atoms with Crippen molar-refractivity contribution < 1.29 is 184 Å². The molecule has 0 spiro atoms. The van der Waals surface area contributed by atoms with Crippen LogP contribution in [-0.2, 0) is 63.6 Å². The molecule has 0 radical (unpaired) electrons. The van der Waals surface area contributed by atoms with Crippen molar-refractivity contribution in [2.24, 2.45) is 93.8 Å². The Bertz CT molecular complexity index is 7730. The Balaban J connectivity index is 0.000000287. The smallest absolute Gasteiger partial charge is 0.323 e. The summed E-state index contributed by atoms with van der Waals surface area (Å²) >= 11 is 0. The van der Waals surface area contributed by atoms with E-state index in [2.05, 4.69) is 0 Å². The number of carbonyl (C=O) groups is 4. The lowest BCUT2D eigenvalue weighted by atomic mass is 9.79. The lowest BCUT2D eigenvalue weighted by Crippen LogP contribution is -2.51. The van der Waals surface area contributed by atoms with E-state index in [4.69, 9.17) is 154 Å². The number of nitrogens with zero attached hydrogens (tertiary/aromatic N) is 4. The van der Waals surface area contributed by atoms with E-state index in [1.54, 1.807) is 0 Å². The second-order valence-electron chi connectivity index (χ2n) is 27.6. The van der Waals surface area contributed by atoms with Gasteiger partial charge in [0.1, 0.15) is 48.6 Å². The number of ether oxygens (including phenoxy) is 12. The van der Waals surface area contributed by atoms with Gasteiger partial charge in [0.2, 0.25) is 0 Å². The molecule has 0 aromatic heterocycles. The molecule has 0 aliphatic carbocycles. The maximum Gasteiger partial charge on any atom is 0.323 e. The average Bonchev–Trinajstić information content (AvgIpc) is 0.561. The third kappa shape index (κ3) is 23.8. The van der Waals surface area contributed by atoms with Gasteiger partial charge in [-0.05, 0) is 191 Å². The van der Waals surface area contributed by atoms with Gasteiger partial charge in [-0.1, -0.05) is 110 Å². The maximum atomic E-state index is 13.4. The van der Waals surface area contributed by atoms with Gasteiger partial charge in [-0.25, -0.2) is 0 Å². The molecule has 4 fully saturated rings. The quantitative estimate of drug-likeness (QED) is 0.0303. The van der Waals surface area contributed by atoms with E-state index in [1.165, 1.54) is 55.4 Å². The number of hydrogen-bond acceptors (Lipinski definition) is 24. The summed E-state index contributed by atoms with van der Waals surface area (Å²) in [6, 6.07) is -32.4. The van der Waals surface area contributed by atoms with E-state index in [1.807, 2.05) is 0 Å². The molecule has 4 aromatic carbocycles. The Morgan fingerprint density at radius 2 is 0.600 bits per heavy atom. The van der Waals surface area contributed by atoms with Gasteiger partial charge in [-0.15, -0.1) is 0 Å². The first-order chi connectivity index (χ1) is 87.5. The number of rotatable bonds is 28. The molecule has 20 atom stereocenters. The van der Waals surface area contributed by atoms with E-state index < -0.39 is 496 Å². The maximum absolute atomic E-state index is 13.4. The van der Waals surface area contributed by atoms with Gasteiger partial charge < -0.3 is 79.8 Å². The zero-order chi connectivity index (χ0) is 158. The van der Waals surface area contributed by atoms with Gasteiger partial charge in [-0.2, -0.15) is 0 Å². The van der Waals surface area contributed by atoms with Crippen LogP contribution >= 0.6 is 0 Å². The topological polar surface area (TPSA) is 296 Å².